The summed E-state index contributed by atoms with van der Waals surface area (Å²) in [5, 5.41) is 0. The van der Waals surface area contributed by atoms with Crippen molar-refractivity contribution in [1.82, 2.24) is 0 Å². The number of carbonyl (C=O) groups is 1. The van der Waals surface area contributed by atoms with Crippen molar-refractivity contribution in [3.8, 4) is 0 Å². The zero-order valence-electron chi connectivity index (χ0n) is 23.5. The number of hydrogen-bond donors (Lipinski definition) is 0. The predicted molar refractivity (Wildman–Crippen MR) is 136 cm³/mol. The Hall–Kier alpha value is 0.560. The number of allylic oxidation sites excluding steroid dienone is 2. The average Bonchev–Trinajstić information content (AvgIpc) is 3.15. The van der Waals surface area contributed by atoms with E-state index in [-0.39, 0.29) is 35.0 Å². The summed E-state index contributed by atoms with van der Waals surface area (Å²) in [5.41, 5.74) is -1.37. The first-order chi connectivity index (χ1) is 15.9. The quantitative estimate of drug-likeness (QED) is 0.274. The number of carbonyl (C=O) groups excluding carboxylic acids is 1. The van der Waals surface area contributed by atoms with Gasteiger partial charge in [0.25, 0.3) is 0 Å². The summed E-state index contributed by atoms with van der Waals surface area (Å²) in [4.78, 5) is 26.2. The first-order valence-corrected chi connectivity index (χ1v) is 15.5. The maximum atomic E-state index is 13.5. The van der Waals surface area contributed by atoms with Crippen LogP contribution in [-0.2, 0) is 13.9 Å². The van der Waals surface area contributed by atoms with Gasteiger partial charge in [0.1, 0.15) is 0 Å². The zero-order chi connectivity index (χ0) is 24.9. The van der Waals surface area contributed by atoms with Crippen molar-refractivity contribution in [3.63, 3.8) is 0 Å². The summed E-state index contributed by atoms with van der Waals surface area (Å²) in [6.45, 7) is 12.0. The molecule has 0 N–H and O–H groups in total. The molecular weight excluding hydrogens is 466 g/mol. The van der Waals surface area contributed by atoms with Crippen molar-refractivity contribution < 1.29 is 48.3 Å². The van der Waals surface area contributed by atoms with Crippen LogP contribution in [0.2, 0.25) is 0 Å². The fraction of sp³-hybridized carbons (Fsp3) is 0.897. The van der Waals surface area contributed by atoms with Gasteiger partial charge in [-0.1, -0.05) is 66.0 Å². The predicted octanol–water partition coefficient (Wildman–Crippen LogP) is 4.37. The van der Waals surface area contributed by atoms with Crippen molar-refractivity contribution in [2.45, 2.75) is 105 Å². The maximum Gasteiger partial charge on any atom is 1.00 e. The molecule has 3 fully saturated rings. The summed E-state index contributed by atoms with van der Waals surface area (Å²) in [6.07, 6.45) is 16.3. The molecule has 0 aromatic carbocycles. The van der Waals surface area contributed by atoms with Crippen molar-refractivity contribution in [2.24, 2.45) is 51.8 Å². The second-order valence-corrected chi connectivity index (χ2v) is 15.1. The molecule has 0 radical (unpaired) electrons. The van der Waals surface area contributed by atoms with E-state index in [1.54, 1.807) is 0 Å². The van der Waals surface area contributed by atoms with Gasteiger partial charge in [-0.3, -0.25) is 4.79 Å². The van der Waals surface area contributed by atoms with E-state index in [0.29, 0.717) is 36.0 Å². The van der Waals surface area contributed by atoms with Gasteiger partial charge >= 0.3 is 29.6 Å². The fourth-order valence-electron chi connectivity index (χ4n) is 9.64. The second-order valence-electron chi connectivity index (χ2n) is 13.3. The molecular formula is C29H48NaO4P. The molecule has 5 unspecified atom stereocenters. The summed E-state index contributed by atoms with van der Waals surface area (Å²) < 4.78 is 17.4. The second kappa shape index (κ2) is 11.0. The Kier molecular flexibility index (Phi) is 9.44. The standard InChI is InChI=1S/C29H49O4P.Na/c1-20(2)10-9-11-21(3)23-12-13-24-22-14-19-29(26(30)34(31,32)33-6)17-8-7-16-28(29,5)25(22)15-18-27(23,24)4;/h7-8,20-25H,9-19H2,1-6H3,(H,31,32);/q;+1/p-1/t21-,22?,23-,24?,25?,27-,28-,29?;/m1./s1. The number of fused-ring (bicyclic) bond motifs is 5. The Labute approximate surface area is 236 Å². The van der Waals surface area contributed by atoms with Gasteiger partial charge in [0.2, 0.25) is 13.1 Å². The van der Waals surface area contributed by atoms with Gasteiger partial charge < -0.3 is 14.0 Å². The summed E-state index contributed by atoms with van der Waals surface area (Å²) in [6, 6.07) is 0. The molecule has 0 aliphatic heterocycles. The third-order valence-corrected chi connectivity index (χ3v) is 12.9. The molecule has 0 saturated heterocycles. The van der Waals surface area contributed by atoms with E-state index in [1.807, 2.05) is 6.08 Å². The first kappa shape index (κ1) is 30.1. The molecule has 0 bridgehead atoms. The van der Waals surface area contributed by atoms with E-state index in [0.717, 1.165) is 44.1 Å². The van der Waals surface area contributed by atoms with E-state index >= 15 is 0 Å². The van der Waals surface area contributed by atoms with Crippen LogP contribution < -0.4 is 34.5 Å². The van der Waals surface area contributed by atoms with Gasteiger partial charge in [-0.25, -0.2) is 0 Å². The van der Waals surface area contributed by atoms with Crippen LogP contribution in [-0.4, -0.2) is 12.6 Å². The fourth-order valence-corrected chi connectivity index (χ4v) is 10.8. The molecule has 194 valence electrons. The van der Waals surface area contributed by atoms with Gasteiger partial charge in [0.05, 0.1) is 0 Å². The van der Waals surface area contributed by atoms with Crippen molar-refractivity contribution in [1.29, 1.82) is 0 Å². The Morgan fingerprint density at radius 2 is 1.71 bits per heavy atom. The third kappa shape index (κ3) is 4.89. The summed E-state index contributed by atoms with van der Waals surface area (Å²) in [5.74, 6) is 4.09. The smallest absolute Gasteiger partial charge is 0.773 e. The Morgan fingerprint density at radius 1 is 1.03 bits per heavy atom. The van der Waals surface area contributed by atoms with Crippen LogP contribution >= 0.6 is 7.60 Å². The topological polar surface area (TPSA) is 66.4 Å². The van der Waals surface area contributed by atoms with Crippen molar-refractivity contribution in [2.75, 3.05) is 7.11 Å². The minimum Gasteiger partial charge on any atom is -0.773 e. The van der Waals surface area contributed by atoms with Crippen LogP contribution in [0.15, 0.2) is 12.2 Å². The van der Waals surface area contributed by atoms with E-state index in [1.165, 1.54) is 38.5 Å². The molecule has 4 nitrogen and oxygen atoms in total. The molecule has 4 aliphatic carbocycles. The molecule has 3 saturated carbocycles. The van der Waals surface area contributed by atoms with Gasteiger partial charge in [0.15, 0.2) is 0 Å². The largest absolute Gasteiger partial charge is 1.00 e. The van der Waals surface area contributed by atoms with Gasteiger partial charge in [0, 0.05) is 12.5 Å². The molecule has 35 heavy (non-hydrogen) atoms. The molecule has 0 heterocycles. The van der Waals surface area contributed by atoms with Crippen LogP contribution in [0.4, 0.5) is 0 Å². The van der Waals surface area contributed by atoms with Crippen molar-refractivity contribution in [3.05, 3.63) is 12.2 Å². The molecule has 0 aromatic heterocycles. The van der Waals surface area contributed by atoms with Crippen LogP contribution in [0.1, 0.15) is 105 Å². The SMILES string of the molecule is COP(=O)([O-])C(=O)C12CC=CC[C@]1(C)C1CC[C@@]3(C)C(CC[C@@H]3[C@H](C)CCCC(C)C)C1CC2.[Na+]. The normalized spacial score (nSPS) is 42.9. The molecule has 6 heteroatoms. The third-order valence-electron chi connectivity index (χ3n) is 11.5. The average molecular weight is 515 g/mol. The van der Waals surface area contributed by atoms with Crippen molar-refractivity contribution >= 4 is 13.1 Å². The van der Waals surface area contributed by atoms with Crippen LogP contribution in [0, 0.1) is 51.8 Å². The Balaban J connectivity index is 0.00000342. The van der Waals surface area contributed by atoms with Crippen LogP contribution in [0.3, 0.4) is 0 Å². The van der Waals surface area contributed by atoms with Crippen LogP contribution in [0.25, 0.3) is 0 Å². The van der Waals surface area contributed by atoms with Gasteiger partial charge in [-0.05, 0) is 97.7 Å². The molecule has 9 atom stereocenters. The summed E-state index contributed by atoms with van der Waals surface area (Å²) >= 11 is 0. The maximum absolute atomic E-state index is 13.5. The Bertz CT molecular complexity index is 858. The summed E-state index contributed by atoms with van der Waals surface area (Å²) in [7, 11) is -3.38. The van der Waals surface area contributed by atoms with Gasteiger partial charge in [-0.2, -0.15) is 0 Å². The van der Waals surface area contributed by atoms with E-state index in [2.05, 4.69) is 40.7 Å². The van der Waals surface area contributed by atoms with Crippen LogP contribution in [0.5, 0.6) is 0 Å². The van der Waals surface area contributed by atoms with E-state index in [4.69, 9.17) is 4.52 Å². The minimum absolute atomic E-state index is 0. The molecule has 4 rings (SSSR count). The van der Waals surface area contributed by atoms with E-state index in [9.17, 15) is 14.3 Å². The Morgan fingerprint density at radius 3 is 2.37 bits per heavy atom. The first-order valence-electron chi connectivity index (χ1n) is 14.0. The zero-order valence-corrected chi connectivity index (χ0v) is 26.4. The molecule has 0 aromatic rings. The molecule has 0 amide bonds. The van der Waals surface area contributed by atoms with Gasteiger partial charge in [-0.15, -0.1) is 0 Å². The number of hydrogen-bond acceptors (Lipinski definition) is 4. The minimum atomic E-state index is -4.52. The van der Waals surface area contributed by atoms with E-state index < -0.39 is 18.5 Å². The monoisotopic (exact) mass is 514 g/mol. The number of rotatable bonds is 8. The molecule has 0 spiro atoms. The molecule has 4 aliphatic rings.